The zero-order valence-corrected chi connectivity index (χ0v) is 13.0. The quantitative estimate of drug-likeness (QED) is 0.773. The number of benzene rings is 1. The zero-order chi connectivity index (χ0) is 15.3. The standard InChI is InChI=1S/C17H26N2O2/c1-3-9-17(2,18)16(20)19-15-6-4-5-14(10-15)12-21-11-13-7-8-13/h4-6,10,13H,3,7-9,11-12,18H2,1-2H3,(H,19,20). The van der Waals surface area contributed by atoms with E-state index in [4.69, 9.17) is 10.5 Å². The second-order valence-electron chi connectivity index (χ2n) is 6.28. The van der Waals surface area contributed by atoms with Crippen LogP contribution in [0.15, 0.2) is 24.3 Å². The average Bonchev–Trinajstić information content (AvgIpc) is 3.23. The first-order chi connectivity index (χ1) is 10.0. The van der Waals surface area contributed by atoms with E-state index in [0.717, 1.165) is 30.2 Å². The SMILES string of the molecule is CCCC(C)(N)C(=O)Nc1cccc(COCC2CC2)c1. The molecule has 0 spiro atoms. The lowest BCUT2D eigenvalue weighted by atomic mass is 9.96. The Labute approximate surface area is 127 Å². The van der Waals surface area contributed by atoms with Gasteiger partial charge in [0.25, 0.3) is 0 Å². The fourth-order valence-corrected chi connectivity index (χ4v) is 2.27. The van der Waals surface area contributed by atoms with Gasteiger partial charge in [-0.2, -0.15) is 0 Å². The number of hydrogen-bond acceptors (Lipinski definition) is 3. The summed E-state index contributed by atoms with van der Waals surface area (Å²) >= 11 is 0. The van der Waals surface area contributed by atoms with Gasteiger partial charge < -0.3 is 15.8 Å². The number of ether oxygens (including phenoxy) is 1. The molecule has 1 unspecified atom stereocenters. The molecule has 3 N–H and O–H groups in total. The third-order valence-corrected chi connectivity index (χ3v) is 3.79. The van der Waals surface area contributed by atoms with Gasteiger partial charge in [0.2, 0.25) is 5.91 Å². The molecule has 0 saturated heterocycles. The zero-order valence-electron chi connectivity index (χ0n) is 13.0. The second-order valence-corrected chi connectivity index (χ2v) is 6.28. The number of nitrogens with one attached hydrogen (secondary N) is 1. The number of anilines is 1. The average molecular weight is 290 g/mol. The summed E-state index contributed by atoms with van der Waals surface area (Å²) in [5.74, 6) is 0.625. The highest BCUT2D eigenvalue weighted by Gasteiger charge is 2.27. The van der Waals surface area contributed by atoms with Gasteiger partial charge in [0.15, 0.2) is 0 Å². The van der Waals surface area contributed by atoms with Crippen molar-refractivity contribution in [2.75, 3.05) is 11.9 Å². The van der Waals surface area contributed by atoms with Gasteiger partial charge in [-0.3, -0.25) is 4.79 Å². The van der Waals surface area contributed by atoms with Crippen molar-refractivity contribution in [1.82, 2.24) is 0 Å². The lowest BCUT2D eigenvalue weighted by Crippen LogP contribution is -2.48. The fourth-order valence-electron chi connectivity index (χ4n) is 2.27. The molecular weight excluding hydrogens is 264 g/mol. The van der Waals surface area contributed by atoms with Crippen molar-refractivity contribution in [3.63, 3.8) is 0 Å². The summed E-state index contributed by atoms with van der Waals surface area (Å²) in [5.41, 5.74) is 7.06. The van der Waals surface area contributed by atoms with E-state index in [9.17, 15) is 4.79 Å². The summed E-state index contributed by atoms with van der Waals surface area (Å²) in [7, 11) is 0. The summed E-state index contributed by atoms with van der Waals surface area (Å²) in [6.07, 6.45) is 4.14. The molecule has 0 bridgehead atoms. The van der Waals surface area contributed by atoms with Crippen molar-refractivity contribution >= 4 is 11.6 Å². The molecule has 1 fully saturated rings. The summed E-state index contributed by atoms with van der Waals surface area (Å²) in [5, 5.41) is 2.90. The van der Waals surface area contributed by atoms with Crippen LogP contribution in [0.1, 0.15) is 45.1 Å². The summed E-state index contributed by atoms with van der Waals surface area (Å²) in [6.45, 7) is 5.23. The van der Waals surface area contributed by atoms with Crippen molar-refractivity contribution in [3.05, 3.63) is 29.8 Å². The first-order valence-electron chi connectivity index (χ1n) is 7.78. The van der Waals surface area contributed by atoms with Gasteiger partial charge in [0.05, 0.1) is 12.1 Å². The third-order valence-electron chi connectivity index (χ3n) is 3.79. The van der Waals surface area contributed by atoms with Crippen LogP contribution < -0.4 is 11.1 Å². The van der Waals surface area contributed by atoms with Crippen molar-refractivity contribution in [1.29, 1.82) is 0 Å². The molecule has 0 aliphatic heterocycles. The molecule has 0 aromatic heterocycles. The molecule has 4 heteroatoms. The van der Waals surface area contributed by atoms with Gasteiger partial charge in [-0.15, -0.1) is 0 Å². The van der Waals surface area contributed by atoms with Gasteiger partial charge in [0, 0.05) is 12.3 Å². The highest BCUT2D eigenvalue weighted by Crippen LogP contribution is 2.29. The Bertz CT molecular complexity index is 481. The molecule has 21 heavy (non-hydrogen) atoms. The Morgan fingerprint density at radius 3 is 2.90 bits per heavy atom. The largest absolute Gasteiger partial charge is 0.376 e. The molecule has 0 radical (unpaired) electrons. The lowest BCUT2D eigenvalue weighted by Gasteiger charge is -2.23. The van der Waals surface area contributed by atoms with Crippen LogP contribution in [0.25, 0.3) is 0 Å². The van der Waals surface area contributed by atoms with Gasteiger partial charge in [-0.25, -0.2) is 0 Å². The normalized spacial score (nSPS) is 17.3. The maximum Gasteiger partial charge on any atom is 0.244 e. The minimum atomic E-state index is -0.826. The van der Waals surface area contributed by atoms with Crippen LogP contribution in [0.4, 0.5) is 5.69 Å². The molecular formula is C17H26N2O2. The maximum atomic E-state index is 12.2. The number of amides is 1. The van der Waals surface area contributed by atoms with Crippen molar-refractivity contribution in [2.45, 2.75) is 51.7 Å². The molecule has 4 nitrogen and oxygen atoms in total. The van der Waals surface area contributed by atoms with Crippen LogP contribution in [-0.4, -0.2) is 18.1 Å². The molecule has 2 rings (SSSR count). The van der Waals surface area contributed by atoms with Crippen molar-refractivity contribution in [2.24, 2.45) is 11.7 Å². The minimum absolute atomic E-state index is 0.139. The monoisotopic (exact) mass is 290 g/mol. The molecule has 1 amide bonds. The number of carbonyl (C=O) groups excluding carboxylic acids is 1. The highest BCUT2D eigenvalue weighted by molar-refractivity contribution is 5.97. The topological polar surface area (TPSA) is 64.4 Å². The minimum Gasteiger partial charge on any atom is -0.376 e. The fraction of sp³-hybridized carbons (Fsp3) is 0.588. The Balaban J connectivity index is 1.88. The molecule has 116 valence electrons. The van der Waals surface area contributed by atoms with Crippen LogP contribution >= 0.6 is 0 Å². The predicted molar refractivity (Wildman–Crippen MR) is 85.0 cm³/mol. The molecule has 0 heterocycles. The highest BCUT2D eigenvalue weighted by atomic mass is 16.5. The van der Waals surface area contributed by atoms with E-state index in [-0.39, 0.29) is 5.91 Å². The maximum absolute atomic E-state index is 12.2. The van der Waals surface area contributed by atoms with Crippen LogP contribution in [0, 0.1) is 5.92 Å². The van der Waals surface area contributed by atoms with Crippen LogP contribution in [-0.2, 0) is 16.1 Å². The van der Waals surface area contributed by atoms with E-state index in [1.165, 1.54) is 12.8 Å². The Hall–Kier alpha value is -1.39. The van der Waals surface area contributed by atoms with E-state index in [1.807, 2.05) is 31.2 Å². The van der Waals surface area contributed by atoms with E-state index in [2.05, 4.69) is 5.32 Å². The Morgan fingerprint density at radius 2 is 2.24 bits per heavy atom. The lowest BCUT2D eigenvalue weighted by molar-refractivity contribution is -0.120. The Kier molecular flexibility index (Phi) is 5.37. The second kappa shape index (κ2) is 7.05. The van der Waals surface area contributed by atoms with E-state index >= 15 is 0 Å². The number of rotatable bonds is 8. The number of hydrogen-bond donors (Lipinski definition) is 2. The van der Waals surface area contributed by atoms with Gasteiger partial charge in [-0.05, 0) is 49.8 Å². The summed E-state index contributed by atoms with van der Waals surface area (Å²) < 4.78 is 5.67. The predicted octanol–water partition coefficient (Wildman–Crippen LogP) is 3.07. The first kappa shape index (κ1) is 16.0. The summed E-state index contributed by atoms with van der Waals surface area (Å²) in [4.78, 5) is 12.2. The summed E-state index contributed by atoms with van der Waals surface area (Å²) in [6, 6.07) is 7.77. The molecule has 1 aromatic rings. The van der Waals surface area contributed by atoms with Crippen LogP contribution in [0.5, 0.6) is 0 Å². The number of carbonyl (C=O) groups is 1. The Morgan fingerprint density at radius 1 is 1.48 bits per heavy atom. The number of nitrogens with two attached hydrogens (primary N) is 1. The van der Waals surface area contributed by atoms with Gasteiger partial charge in [-0.1, -0.05) is 25.5 Å². The van der Waals surface area contributed by atoms with E-state index in [1.54, 1.807) is 6.92 Å². The van der Waals surface area contributed by atoms with Gasteiger partial charge in [0.1, 0.15) is 0 Å². The van der Waals surface area contributed by atoms with Gasteiger partial charge >= 0.3 is 0 Å². The van der Waals surface area contributed by atoms with E-state index < -0.39 is 5.54 Å². The first-order valence-corrected chi connectivity index (χ1v) is 7.78. The molecule has 1 saturated carbocycles. The molecule has 1 aliphatic rings. The van der Waals surface area contributed by atoms with Crippen molar-refractivity contribution < 1.29 is 9.53 Å². The molecule has 1 aliphatic carbocycles. The smallest absolute Gasteiger partial charge is 0.244 e. The molecule has 1 atom stereocenters. The van der Waals surface area contributed by atoms with Crippen molar-refractivity contribution in [3.8, 4) is 0 Å². The third kappa shape index (κ3) is 5.14. The molecule has 1 aromatic carbocycles. The van der Waals surface area contributed by atoms with Crippen LogP contribution in [0.3, 0.4) is 0 Å². The van der Waals surface area contributed by atoms with E-state index in [0.29, 0.717) is 13.0 Å². The van der Waals surface area contributed by atoms with Crippen LogP contribution in [0.2, 0.25) is 0 Å².